The molecular formula is C18H19NO. The van der Waals surface area contributed by atoms with Gasteiger partial charge in [-0.3, -0.25) is 0 Å². The summed E-state index contributed by atoms with van der Waals surface area (Å²) in [7, 11) is 1.67. The topological polar surface area (TPSA) is 33.0 Å². The van der Waals surface area contributed by atoms with E-state index >= 15 is 0 Å². The van der Waals surface area contributed by atoms with Crippen LogP contribution in [0.25, 0.3) is 0 Å². The molecular weight excluding hydrogens is 246 g/mol. The van der Waals surface area contributed by atoms with Crippen molar-refractivity contribution in [2.24, 2.45) is 0 Å². The summed E-state index contributed by atoms with van der Waals surface area (Å²) in [5.74, 6) is 1.50. The molecule has 0 amide bonds. The molecule has 0 aliphatic carbocycles. The van der Waals surface area contributed by atoms with Crippen molar-refractivity contribution >= 4 is 0 Å². The molecule has 2 aromatic rings. The van der Waals surface area contributed by atoms with Gasteiger partial charge in [-0.25, -0.2) is 0 Å². The standard InChI is InChI=1S/C18H19NO/c1-13(15-8-10-17(20-3)11-9-15)14(2)18-7-5-4-6-16(18)12-19/h4-11,13-14H,1-3H3. The molecule has 0 N–H and O–H groups in total. The van der Waals surface area contributed by atoms with E-state index < -0.39 is 0 Å². The minimum Gasteiger partial charge on any atom is -0.497 e. The Bertz CT molecular complexity index is 610. The van der Waals surface area contributed by atoms with Crippen molar-refractivity contribution in [1.29, 1.82) is 5.26 Å². The second-order valence-electron chi connectivity index (χ2n) is 5.05. The van der Waals surface area contributed by atoms with Crippen LogP contribution in [0.15, 0.2) is 48.5 Å². The van der Waals surface area contributed by atoms with E-state index in [1.165, 1.54) is 5.56 Å². The second kappa shape index (κ2) is 6.25. The van der Waals surface area contributed by atoms with Crippen molar-refractivity contribution in [3.05, 3.63) is 65.2 Å². The normalized spacial score (nSPS) is 13.3. The maximum atomic E-state index is 9.22. The summed E-state index contributed by atoms with van der Waals surface area (Å²) in [6, 6.07) is 18.3. The fraction of sp³-hybridized carbons (Fsp3) is 0.278. The van der Waals surface area contributed by atoms with Crippen molar-refractivity contribution in [2.45, 2.75) is 25.7 Å². The van der Waals surface area contributed by atoms with E-state index in [1.54, 1.807) is 7.11 Å². The molecule has 2 nitrogen and oxygen atoms in total. The monoisotopic (exact) mass is 265 g/mol. The van der Waals surface area contributed by atoms with Gasteiger partial charge in [0.15, 0.2) is 0 Å². The number of rotatable bonds is 4. The maximum Gasteiger partial charge on any atom is 0.118 e. The highest BCUT2D eigenvalue weighted by atomic mass is 16.5. The third kappa shape index (κ3) is 2.83. The number of benzene rings is 2. The summed E-state index contributed by atoms with van der Waals surface area (Å²) in [4.78, 5) is 0. The van der Waals surface area contributed by atoms with Gasteiger partial charge in [0, 0.05) is 0 Å². The molecule has 2 unspecified atom stereocenters. The zero-order valence-corrected chi connectivity index (χ0v) is 12.1. The van der Waals surface area contributed by atoms with Gasteiger partial charge in [-0.05, 0) is 41.2 Å². The van der Waals surface area contributed by atoms with Gasteiger partial charge in [0.2, 0.25) is 0 Å². The van der Waals surface area contributed by atoms with Gasteiger partial charge < -0.3 is 4.74 Å². The molecule has 0 saturated carbocycles. The first-order chi connectivity index (χ1) is 9.67. The Kier molecular flexibility index (Phi) is 4.42. The van der Waals surface area contributed by atoms with E-state index in [2.05, 4.69) is 32.0 Å². The number of nitriles is 1. The number of hydrogen-bond acceptors (Lipinski definition) is 2. The van der Waals surface area contributed by atoms with Crippen molar-refractivity contribution in [3.63, 3.8) is 0 Å². The Labute approximate surface area is 120 Å². The summed E-state index contributed by atoms with van der Waals surface area (Å²) in [6.07, 6.45) is 0. The van der Waals surface area contributed by atoms with Gasteiger partial charge in [-0.1, -0.05) is 44.2 Å². The molecule has 0 radical (unpaired) electrons. The van der Waals surface area contributed by atoms with Gasteiger partial charge in [0.05, 0.1) is 18.7 Å². The largest absolute Gasteiger partial charge is 0.497 e. The summed E-state index contributed by atoms with van der Waals surface area (Å²) < 4.78 is 5.19. The van der Waals surface area contributed by atoms with Crippen LogP contribution in [-0.4, -0.2) is 7.11 Å². The van der Waals surface area contributed by atoms with E-state index in [0.29, 0.717) is 11.8 Å². The van der Waals surface area contributed by atoms with Gasteiger partial charge in [0.1, 0.15) is 5.75 Å². The van der Waals surface area contributed by atoms with Crippen molar-refractivity contribution < 1.29 is 4.74 Å². The molecule has 2 aromatic carbocycles. The Morgan fingerprint density at radius 1 is 0.950 bits per heavy atom. The summed E-state index contributed by atoms with van der Waals surface area (Å²) in [6.45, 7) is 4.37. The van der Waals surface area contributed by atoms with E-state index in [9.17, 15) is 5.26 Å². The summed E-state index contributed by atoms with van der Waals surface area (Å²) in [5.41, 5.74) is 3.13. The third-order valence-electron chi connectivity index (χ3n) is 3.96. The molecule has 0 aliphatic heterocycles. The fourth-order valence-corrected chi connectivity index (χ4v) is 2.46. The van der Waals surface area contributed by atoms with Crippen LogP contribution in [0.2, 0.25) is 0 Å². The smallest absolute Gasteiger partial charge is 0.118 e. The Morgan fingerprint density at radius 3 is 2.20 bits per heavy atom. The lowest BCUT2D eigenvalue weighted by Crippen LogP contribution is -2.06. The number of hydrogen-bond donors (Lipinski definition) is 0. The van der Waals surface area contributed by atoms with Crippen LogP contribution in [-0.2, 0) is 0 Å². The highest BCUT2D eigenvalue weighted by Crippen LogP contribution is 2.34. The molecule has 0 aromatic heterocycles. The van der Waals surface area contributed by atoms with E-state index in [1.807, 2.05) is 36.4 Å². The first kappa shape index (κ1) is 14.1. The van der Waals surface area contributed by atoms with Gasteiger partial charge in [-0.15, -0.1) is 0 Å². The molecule has 102 valence electrons. The average Bonchev–Trinajstić information content (AvgIpc) is 2.53. The van der Waals surface area contributed by atoms with E-state index in [4.69, 9.17) is 4.74 Å². The second-order valence-corrected chi connectivity index (χ2v) is 5.05. The molecule has 0 saturated heterocycles. The number of nitrogens with zero attached hydrogens (tertiary/aromatic N) is 1. The third-order valence-corrected chi connectivity index (χ3v) is 3.96. The first-order valence-electron chi connectivity index (χ1n) is 6.80. The van der Waals surface area contributed by atoms with E-state index in [0.717, 1.165) is 16.9 Å². The summed E-state index contributed by atoms with van der Waals surface area (Å²) in [5, 5.41) is 9.22. The van der Waals surface area contributed by atoms with Gasteiger partial charge >= 0.3 is 0 Å². The molecule has 2 atom stereocenters. The van der Waals surface area contributed by atoms with Crippen molar-refractivity contribution in [3.8, 4) is 11.8 Å². The van der Waals surface area contributed by atoms with E-state index in [-0.39, 0.29) is 0 Å². The van der Waals surface area contributed by atoms with Gasteiger partial charge in [-0.2, -0.15) is 5.26 Å². The summed E-state index contributed by atoms with van der Waals surface area (Å²) >= 11 is 0. The molecule has 0 spiro atoms. The van der Waals surface area contributed by atoms with Crippen LogP contribution in [0.1, 0.15) is 42.4 Å². The molecule has 20 heavy (non-hydrogen) atoms. The van der Waals surface area contributed by atoms with Crippen molar-refractivity contribution in [1.82, 2.24) is 0 Å². The van der Waals surface area contributed by atoms with Crippen LogP contribution >= 0.6 is 0 Å². The predicted octanol–water partition coefficient (Wildman–Crippen LogP) is 4.47. The minimum absolute atomic E-state index is 0.291. The SMILES string of the molecule is COc1ccc(C(C)C(C)c2ccccc2C#N)cc1. The fourth-order valence-electron chi connectivity index (χ4n) is 2.46. The quantitative estimate of drug-likeness (QED) is 0.816. The Morgan fingerprint density at radius 2 is 1.60 bits per heavy atom. The van der Waals surface area contributed by atoms with Crippen LogP contribution in [0.3, 0.4) is 0 Å². The zero-order chi connectivity index (χ0) is 14.5. The minimum atomic E-state index is 0.291. The molecule has 0 heterocycles. The average molecular weight is 265 g/mol. The highest BCUT2D eigenvalue weighted by molar-refractivity contribution is 5.41. The molecule has 0 bridgehead atoms. The van der Waals surface area contributed by atoms with Gasteiger partial charge in [0.25, 0.3) is 0 Å². The molecule has 0 fully saturated rings. The lowest BCUT2D eigenvalue weighted by atomic mass is 9.82. The van der Waals surface area contributed by atoms with Crippen LogP contribution in [0.5, 0.6) is 5.75 Å². The van der Waals surface area contributed by atoms with Crippen LogP contribution in [0, 0.1) is 11.3 Å². The molecule has 0 aliphatic rings. The Hall–Kier alpha value is -2.27. The lowest BCUT2D eigenvalue weighted by Gasteiger charge is -2.22. The Balaban J connectivity index is 2.27. The number of methoxy groups -OCH3 is 1. The zero-order valence-electron chi connectivity index (χ0n) is 12.1. The van der Waals surface area contributed by atoms with Crippen LogP contribution < -0.4 is 4.74 Å². The maximum absolute atomic E-state index is 9.22. The highest BCUT2D eigenvalue weighted by Gasteiger charge is 2.18. The molecule has 2 heteroatoms. The lowest BCUT2D eigenvalue weighted by molar-refractivity contribution is 0.414. The van der Waals surface area contributed by atoms with Crippen LogP contribution in [0.4, 0.5) is 0 Å². The number of ether oxygens (including phenoxy) is 1. The molecule has 2 rings (SSSR count). The van der Waals surface area contributed by atoms with Crippen molar-refractivity contribution in [2.75, 3.05) is 7.11 Å². The first-order valence-corrected chi connectivity index (χ1v) is 6.80. The predicted molar refractivity (Wildman–Crippen MR) is 81.0 cm³/mol.